The molecule has 0 aromatic carbocycles. The van der Waals surface area contributed by atoms with Crippen LogP contribution in [0.2, 0.25) is 0 Å². The lowest BCUT2D eigenvalue weighted by Crippen LogP contribution is -2.57. The number of carboxylic acid groups (broad SMARTS) is 1. The SMILES string of the molecule is C[C@H](NC(=O)[C@@H](N)CCCCN)C(=O)N[C@@H](CCCCN)C(=O)N1CCC[C@H]1C(=O)NCC(=O)O. The second-order valence-electron chi connectivity index (χ2n) is 8.77. The third kappa shape index (κ3) is 10.6. The molecule has 0 aliphatic carbocycles. The first-order valence-electron chi connectivity index (χ1n) is 12.2. The van der Waals surface area contributed by atoms with Crippen molar-refractivity contribution < 1.29 is 29.1 Å². The van der Waals surface area contributed by atoms with Crippen LogP contribution in [0.1, 0.15) is 58.3 Å². The minimum Gasteiger partial charge on any atom is -0.480 e. The molecule has 35 heavy (non-hydrogen) atoms. The Balaban J connectivity index is 2.80. The van der Waals surface area contributed by atoms with E-state index in [-0.39, 0.29) is 0 Å². The number of amides is 4. The van der Waals surface area contributed by atoms with Gasteiger partial charge in [-0.05, 0) is 65.0 Å². The summed E-state index contributed by atoms with van der Waals surface area (Å²) in [7, 11) is 0. The van der Waals surface area contributed by atoms with Crippen LogP contribution in [0.5, 0.6) is 0 Å². The Morgan fingerprint density at radius 3 is 2.20 bits per heavy atom. The largest absolute Gasteiger partial charge is 0.480 e. The summed E-state index contributed by atoms with van der Waals surface area (Å²) in [4.78, 5) is 62.9. The number of aliphatic carboxylic acids is 1. The number of nitrogens with one attached hydrogen (secondary N) is 3. The summed E-state index contributed by atoms with van der Waals surface area (Å²) in [5, 5.41) is 16.4. The van der Waals surface area contributed by atoms with Gasteiger partial charge in [-0.25, -0.2) is 0 Å². The van der Waals surface area contributed by atoms with E-state index in [1.807, 2.05) is 0 Å². The molecule has 1 aliphatic rings. The van der Waals surface area contributed by atoms with Crippen molar-refractivity contribution in [3.05, 3.63) is 0 Å². The normalized spacial score (nSPS) is 17.8. The predicted molar refractivity (Wildman–Crippen MR) is 129 cm³/mol. The fourth-order valence-electron chi connectivity index (χ4n) is 3.86. The van der Waals surface area contributed by atoms with Gasteiger partial charge in [0, 0.05) is 6.54 Å². The summed E-state index contributed by atoms with van der Waals surface area (Å²) in [5.41, 5.74) is 16.9. The average Bonchev–Trinajstić information content (AvgIpc) is 3.31. The van der Waals surface area contributed by atoms with Gasteiger partial charge in [-0.3, -0.25) is 24.0 Å². The molecule has 0 bridgehead atoms. The van der Waals surface area contributed by atoms with E-state index in [4.69, 9.17) is 22.3 Å². The number of rotatable bonds is 16. The molecule has 1 rings (SSSR count). The fraction of sp³-hybridized carbons (Fsp3) is 0.773. The van der Waals surface area contributed by atoms with Crippen LogP contribution < -0.4 is 33.2 Å². The third-order valence-corrected chi connectivity index (χ3v) is 5.87. The van der Waals surface area contributed by atoms with E-state index in [2.05, 4.69) is 16.0 Å². The summed E-state index contributed by atoms with van der Waals surface area (Å²) < 4.78 is 0. The average molecular weight is 500 g/mol. The van der Waals surface area contributed by atoms with E-state index in [0.29, 0.717) is 64.6 Å². The van der Waals surface area contributed by atoms with Gasteiger partial charge in [0.2, 0.25) is 23.6 Å². The van der Waals surface area contributed by atoms with Crippen molar-refractivity contribution in [3.8, 4) is 0 Å². The summed E-state index contributed by atoms with van der Waals surface area (Å²) >= 11 is 0. The highest BCUT2D eigenvalue weighted by Crippen LogP contribution is 2.20. The molecule has 0 aromatic heterocycles. The van der Waals surface area contributed by atoms with Gasteiger partial charge >= 0.3 is 5.97 Å². The molecule has 4 amide bonds. The molecule has 0 aromatic rings. The van der Waals surface area contributed by atoms with E-state index in [0.717, 1.165) is 6.42 Å². The number of likely N-dealkylation sites (tertiary alicyclic amines) is 1. The maximum absolute atomic E-state index is 13.3. The number of carboxylic acids is 1. The van der Waals surface area contributed by atoms with Crippen LogP contribution in [0, 0.1) is 0 Å². The van der Waals surface area contributed by atoms with Crippen molar-refractivity contribution in [1.82, 2.24) is 20.9 Å². The van der Waals surface area contributed by atoms with Crippen molar-refractivity contribution >= 4 is 29.6 Å². The molecule has 0 unspecified atom stereocenters. The Bertz CT molecular complexity index is 735. The van der Waals surface area contributed by atoms with Gasteiger partial charge in [-0.2, -0.15) is 0 Å². The quantitative estimate of drug-likeness (QED) is 0.114. The molecule has 200 valence electrons. The Labute approximate surface area is 205 Å². The van der Waals surface area contributed by atoms with E-state index < -0.39 is 60.3 Å². The van der Waals surface area contributed by atoms with E-state index in [1.165, 1.54) is 11.8 Å². The van der Waals surface area contributed by atoms with Crippen molar-refractivity contribution in [2.75, 3.05) is 26.2 Å². The summed E-state index contributed by atoms with van der Waals surface area (Å²) in [6, 6.07) is -3.42. The van der Waals surface area contributed by atoms with Crippen molar-refractivity contribution in [3.63, 3.8) is 0 Å². The van der Waals surface area contributed by atoms with Crippen LogP contribution in [-0.2, 0) is 24.0 Å². The maximum atomic E-state index is 13.3. The number of hydrogen-bond donors (Lipinski definition) is 7. The summed E-state index contributed by atoms with van der Waals surface area (Å²) in [6.45, 7) is 2.20. The van der Waals surface area contributed by atoms with Crippen molar-refractivity contribution in [2.24, 2.45) is 17.2 Å². The molecule has 0 radical (unpaired) electrons. The number of nitrogens with two attached hydrogens (primary N) is 3. The third-order valence-electron chi connectivity index (χ3n) is 5.87. The van der Waals surface area contributed by atoms with Gasteiger partial charge in [0.15, 0.2) is 0 Å². The zero-order valence-electron chi connectivity index (χ0n) is 20.5. The predicted octanol–water partition coefficient (Wildman–Crippen LogP) is -2.25. The highest BCUT2D eigenvalue weighted by atomic mass is 16.4. The second-order valence-corrected chi connectivity index (χ2v) is 8.77. The van der Waals surface area contributed by atoms with Crippen molar-refractivity contribution in [1.29, 1.82) is 0 Å². The minimum absolute atomic E-state index is 0.307. The topological polar surface area (TPSA) is 223 Å². The molecule has 0 saturated carbocycles. The number of nitrogens with zero attached hydrogens (tertiary/aromatic N) is 1. The first-order valence-corrected chi connectivity index (χ1v) is 12.2. The van der Waals surface area contributed by atoms with Crippen LogP contribution in [0.3, 0.4) is 0 Å². The molecule has 13 nitrogen and oxygen atoms in total. The lowest BCUT2D eigenvalue weighted by atomic mass is 10.1. The number of carbonyl (C=O) groups excluding carboxylic acids is 4. The lowest BCUT2D eigenvalue weighted by molar-refractivity contribution is -0.143. The summed E-state index contributed by atoms with van der Waals surface area (Å²) in [5.74, 6) is -3.18. The van der Waals surface area contributed by atoms with Gasteiger partial charge in [0.05, 0.1) is 6.04 Å². The first-order chi connectivity index (χ1) is 16.6. The zero-order valence-corrected chi connectivity index (χ0v) is 20.5. The molecule has 1 fully saturated rings. The molecule has 1 aliphatic heterocycles. The maximum Gasteiger partial charge on any atom is 0.322 e. The Hall–Kier alpha value is -2.77. The molecule has 4 atom stereocenters. The number of hydrogen-bond acceptors (Lipinski definition) is 8. The zero-order chi connectivity index (χ0) is 26.4. The molecule has 13 heteroatoms. The lowest BCUT2D eigenvalue weighted by Gasteiger charge is -2.29. The Kier molecular flexibility index (Phi) is 13.8. The van der Waals surface area contributed by atoms with Gasteiger partial charge in [0.25, 0.3) is 0 Å². The van der Waals surface area contributed by atoms with Gasteiger partial charge in [-0.1, -0.05) is 6.42 Å². The number of unbranched alkanes of at least 4 members (excludes halogenated alkanes) is 2. The Morgan fingerprint density at radius 1 is 0.971 bits per heavy atom. The van der Waals surface area contributed by atoms with E-state index in [9.17, 15) is 24.0 Å². The van der Waals surface area contributed by atoms with Crippen molar-refractivity contribution in [2.45, 2.75) is 82.5 Å². The molecule has 1 saturated heterocycles. The van der Waals surface area contributed by atoms with Crippen LogP contribution in [0.4, 0.5) is 0 Å². The van der Waals surface area contributed by atoms with E-state index in [1.54, 1.807) is 0 Å². The van der Waals surface area contributed by atoms with Crippen LogP contribution in [0.25, 0.3) is 0 Å². The smallest absolute Gasteiger partial charge is 0.322 e. The second kappa shape index (κ2) is 16.0. The van der Waals surface area contributed by atoms with Gasteiger partial charge < -0.3 is 43.2 Å². The molecule has 0 spiro atoms. The minimum atomic E-state index is -1.18. The highest BCUT2D eigenvalue weighted by molar-refractivity contribution is 5.95. The highest BCUT2D eigenvalue weighted by Gasteiger charge is 2.38. The molecule has 10 N–H and O–H groups in total. The first kappa shape index (κ1) is 30.3. The van der Waals surface area contributed by atoms with Gasteiger partial charge in [-0.15, -0.1) is 0 Å². The van der Waals surface area contributed by atoms with Crippen LogP contribution >= 0.6 is 0 Å². The fourth-order valence-corrected chi connectivity index (χ4v) is 3.86. The monoisotopic (exact) mass is 499 g/mol. The van der Waals surface area contributed by atoms with Crippen LogP contribution in [0.15, 0.2) is 0 Å². The molecular weight excluding hydrogens is 458 g/mol. The van der Waals surface area contributed by atoms with Crippen LogP contribution in [-0.4, -0.2) is 90.0 Å². The standard InChI is InChI=1S/C22H41N7O6/c1-14(27-20(33)15(25)7-2-4-10-23)19(32)28-16(8-3-5-11-24)22(35)29-12-6-9-17(29)21(34)26-13-18(30)31/h14-17H,2-13,23-25H2,1H3,(H,26,34)(H,27,33)(H,28,32)(H,30,31)/t14-,15-,16-,17-/m0/s1. The van der Waals surface area contributed by atoms with Gasteiger partial charge in [0.1, 0.15) is 24.7 Å². The van der Waals surface area contributed by atoms with E-state index >= 15 is 0 Å². The summed E-state index contributed by atoms with van der Waals surface area (Å²) in [6.07, 6.45) is 4.38. The molecular formula is C22H41N7O6. The number of carbonyl (C=O) groups is 5. The molecule has 1 heterocycles. The Morgan fingerprint density at radius 2 is 1.60 bits per heavy atom.